The maximum Gasteiger partial charge on any atom is 0.293 e. The summed E-state index contributed by atoms with van der Waals surface area (Å²) in [6, 6.07) is 13.6. The molecule has 2 aromatic carbocycles. The highest BCUT2D eigenvalue weighted by atomic mass is 35.5. The number of amides is 2. The minimum absolute atomic E-state index is 0.0616. The van der Waals surface area contributed by atoms with Crippen LogP contribution in [0.2, 0.25) is 5.02 Å². The zero-order valence-electron chi connectivity index (χ0n) is 18.3. The molecule has 2 amide bonds. The van der Waals surface area contributed by atoms with Gasteiger partial charge in [0, 0.05) is 22.8 Å². The molecular weight excluding hydrogens is 428 g/mol. The van der Waals surface area contributed by atoms with Gasteiger partial charge in [-0.15, -0.1) is 0 Å². The fraction of sp³-hybridized carbons (Fsp3) is 0.360. The molecule has 1 atom stereocenters. The Morgan fingerprint density at radius 3 is 2.58 bits per heavy atom. The van der Waals surface area contributed by atoms with Crippen molar-refractivity contribution in [1.29, 1.82) is 0 Å². The molecule has 2 heterocycles. The van der Waals surface area contributed by atoms with Crippen molar-refractivity contribution < 1.29 is 9.59 Å². The Hall–Kier alpha value is -2.24. The third-order valence-electron chi connectivity index (χ3n) is 6.16. The second kappa shape index (κ2) is 8.36. The van der Waals surface area contributed by atoms with Crippen LogP contribution in [0.4, 0.5) is 10.5 Å². The SMILES string of the molecule is CCN1c2cc(Cl)c(/C=C3/SC(=O)N(Cc4ccccc4)C3=O)cc2C(C)CC1(C)C. The Morgan fingerprint density at radius 2 is 1.90 bits per heavy atom. The van der Waals surface area contributed by atoms with E-state index in [1.165, 1.54) is 10.5 Å². The highest BCUT2D eigenvalue weighted by Crippen LogP contribution is 2.45. The first-order chi connectivity index (χ1) is 14.7. The van der Waals surface area contributed by atoms with E-state index in [0.717, 1.165) is 41.5 Å². The van der Waals surface area contributed by atoms with Crippen LogP contribution in [0.25, 0.3) is 6.08 Å². The number of thioether (sulfide) groups is 1. The van der Waals surface area contributed by atoms with Crippen molar-refractivity contribution in [2.24, 2.45) is 0 Å². The van der Waals surface area contributed by atoms with Crippen LogP contribution in [0.1, 0.15) is 56.7 Å². The Bertz CT molecular complexity index is 1060. The van der Waals surface area contributed by atoms with Gasteiger partial charge in [-0.25, -0.2) is 0 Å². The van der Waals surface area contributed by atoms with Gasteiger partial charge >= 0.3 is 0 Å². The smallest absolute Gasteiger partial charge is 0.293 e. The van der Waals surface area contributed by atoms with Gasteiger partial charge in [-0.05, 0) is 79.8 Å². The minimum atomic E-state index is -0.267. The molecule has 0 aromatic heterocycles. The normalized spacial score (nSPS) is 21.7. The van der Waals surface area contributed by atoms with Crippen LogP contribution < -0.4 is 4.90 Å². The number of carbonyl (C=O) groups excluding carboxylic acids is 2. The number of hydrogen-bond donors (Lipinski definition) is 0. The molecule has 0 spiro atoms. The van der Waals surface area contributed by atoms with E-state index in [9.17, 15) is 9.59 Å². The number of nitrogens with zero attached hydrogens (tertiary/aromatic N) is 2. The van der Waals surface area contributed by atoms with E-state index in [1.54, 1.807) is 6.08 Å². The van der Waals surface area contributed by atoms with Crippen molar-refractivity contribution in [3.63, 3.8) is 0 Å². The lowest BCUT2D eigenvalue weighted by Crippen LogP contribution is -2.48. The van der Waals surface area contributed by atoms with E-state index in [-0.39, 0.29) is 23.2 Å². The number of halogens is 1. The summed E-state index contributed by atoms with van der Waals surface area (Å²) in [6.45, 7) is 10.1. The van der Waals surface area contributed by atoms with E-state index in [4.69, 9.17) is 11.6 Å². The molecular formula is C25H27ClN2O2S. The van der Waals surface area contributed by atoms with E-state index in [0.29, 0.717) is 15.8 Å². The molecule has 4 rings (SSSR count). The standard InChI is InChI=1S/C25H27ClN2O2S/c1-5-28-21-13-20(26)18(11-19(21)16(2)14-25(28,3)4)12-22-23(29)27(24(30)31-22)15-17-9-7-6-8-10-17/h6-13,16H,5,14-15H2,1-4H3/b22-12+. The average Bonchev–Trinajstić information content (AvgIpc) is 2.97. The summed E-state index contributed by atoms with van der Waals surface area (Å²) in [5.74, 6) is 0.113. The van der Waals surface area contributed by atoms with Gasteiger partial charge in [-0.3, -0.25) is 14.5 Å². The van der Waals surface area contributed by atoms with Crippen LogP contribution in [0, 0.1) is 0 Å². The molecule has 6 heteroatoms. The van der Waals surface area contributed by atoms with Crippen LogP contribution in [0.15, 0.2) is 47.4 Å². The Labute approximate surface area is 193 Å². The quantitative estimate of drug-likeness (QED) is 0.482. The van der Waals surface area contributed by atoms with Gasteiger partial charge in [0.2, 0.25) is 0 Å². The molecule has 0 bridgehead atoms. The maximum absolute atomic E-state index is 12.9. The fourth-order valence-electron chi connectivity index (χ4n) is 4.77. The predicted octanol–water partition coefficient (Wildman–Crippen LogP) is 6.69. The fourth-order valence-corrected chi connectivity index (χ4v) is 5.82. The number of carbonyl (C=O) groups is 2. The van der Waals surface area contributed by atoms with Crippen LogP contribution >= 0.6 is 23.4 Å². The Kier molecular flexibility index (Phi) is 5.93. The van der Waals surface area contributed by atoms with Crippen LogP contribution in [0.3, 0.4) is 0 Å². The highest BCUT2D eigenvalue weighted by molar-refractivity contribution is 8.18. The molecule has 0 radical (unpaired) electrons. The largest absolute Gasteiger partial charge is 0.366 e. The zero-order valence-corrected chi connectivity index (χ0v) is 19.9. The molecule has 1 fully saturated rings. The van der Waals surface area contributed by atoms with Gasteiger partial charge in [-0.2, -0.15) is 0 Å². The molecule has 1 saturated heterocycles. The number of rotatable bonds is 4. The number of anilines is 1. The molecule has 4 nitrogen and oxygen atoms in total. The summed E-state index contributed by atoms with van der Waals surface area (Å²) >= 11 is 7.64. The Morgan fingerprint density at radius 1 is 1.19 bits per heavy atom. The Balaban J connectivity index is 1.66. The maximum atomic E-state index is 12.9. The van der Waals surface area contributed by atoms with Crippen molar-refractivity contribution in [2.45, 2.75) is 52.1 Å². The van der Waals surface area contributed by atoms with Gasteiger partial charge in [0.1, 0.15) is 0 Å². The van der Waals surface area contributed by atoms with Gasteiger partial charge in [-0.1, -0.05) is 48.9 Å². The summed E-state index contributed by atoms with van der Waals surface area (Å²) in [5, 5.41) is 0.346. The molecule has 2 aliphatic rings. The minimum Gasteiger partial charge on any atom is -0.366 e. The average molecular weight is 455 g/mol. The molecule has 2 aliphatic heterocycles. The van der Waals surface area contributed by atoms with Gasteiger partial charge in [0.15, 0.2) is 0 Å². The molecule has 162 valence electrons. The molecule has 0 saturated carbocycles. The second-order valence-electron chi connectivity index (χ2n) is 8.85. The molecule has 2 aromatic rings. The third-order valence-corrected chi connectivity index (χ3v) is 7.40. The van der Waals surface area contributed by atoms with E-state index in [2.05, 4.69) is 38.7 Å². The third kappa shape index (κ3) is 4.13. The van der Waals surface area contributed by atoms with E-state index >= 15 is 0 Å². The van der Waals surface area contributed by atoms with Crippen LogP contribution in [0.5, 0.6) is 0 Å². The van der Waals surface area contributed by atoms with E-state index in [1.807, 2.05) is 36.4 Å². The summed E-state index contributed by atoms with van der Waals surface area (Å²) < 4.78 is 0. The second-order valence-corrected chi connectivity index (χ2v) is 10.2. The lowest BCUT2D eigenvalue weighted by atomic mass is 9.79. The van der Waals surface area contributed by atoms with Gasteiger partial charge in [0.05, 0.1) is 11.4 Å². The van der Waals surface area contributed by atoms with Crippen molar-refractivity contribution in [3.05, 3.63) is 69.1 Å². The first-order valence-corrected chi connectivity index (χ1v) is 11.8. The van der Waals surface area contributed by atoms with Crippen LogP contribution in [-0.4, -0.2) is 28.1 Å². The number of hydrogen-bond acceptors (Lipinski definition) is 4. The lowest BCUT2D eigenvalue weighted by Gasteiger charge is -2.47. The number of benzene rings is 2. The van der Waals surface area contributed by atoms with Gasteiger partial charge in [0.25, 0.3) is 11.1 Å². The summed E-state index contributed by atoms with van der Waals surface area (Å²) in [5.41, 5.74) is 4.17. The van der Waals surface area contributed by atoms with Crippen molar-refractivity contribution in [3.8, 4) is 0 Å². The molecule has 0 aliphatic carbocycles. The molecule has 31 heavy (non-hydrogen) atoms. The zero-order chi connectivity index (χ0) is 22.3. The molecule has 1 unspecified atom stereocenters. The summed E-state index contributed by atoms with van der Waals surface area (Å²) in [6.07, 6.45) is 2.81. The summed E-state index contributed by atoms with van der Waals surface area (Å²) in [4.78, 5) is 29.5. The topological polar surface area (TPSA) is 40.6 Å². The number of imide groups is 1. The van der Waals surface area contributed by atoms with E-state index < -0.39 is 0 Å². The first kappa shape index (κ1) is 22.0. The van der Waals surface area contributed by atoms with Gasteiger partial charge < -0.3 is 4.90 Å². The predicted molar refractivity (Wildman–Crippen MR) is 130 cm³/mol. The number of fused-ring (bicyclic) bond motifs is 1. The highest BCUT2D eigenvalue weighted by Gasteiger charge is 2.37. The van der Waals surface area contributed by atoms with Crippen molar-refractivity contribution in [2.75, 3.05) is 11.4 Å². The van der Waals surface area contributed by atoms with Crippen LogP contribution in [-0.2, 0) is 11.3 Å². The lowest BCUT2D eigenvalue weighted by molar-refractivity contribution is -0.123. The summed E-state index contributed by atoms with van der Waals surface area (Å²) in [7, 11) is 0. The van der Waals surface area contributed by atoms with Crippen molar-refractivity contribution >= 4 is 46.3 Å². The monoisotopic (exact) mass is 454 g/mol. The first-order valence-electron chi connectivity index (χ1n) is 10.6. The molecule has 0 N–H and O–H groups in total. The van der Waals surface area contributed by atoms with Crippen molar-refractivity contribution in [1.82, 2.24) is 4.90 Å².